The minimum Gasteiger partial charge on any atom is -0.480 e. The lowest BCUT2D eigenvalue weighted by molar-refractivity contribution is -0.139. The predicted molar refractivity (Wildman–Crippen MR) is 99.8 cm³/mol. The molecular formula is C20H29N3O3. The van der Waals surface area contributed by atoms with Gasteiger partial charge in [0.2, 0.25) is 5.91 Å². The number of carbonyl (C=O) groups excluding carboxylic acids is 1. The third-order valence-electron chi connectivity index (χ3n) is 5.41. The summed E-state index contributed by atoms with van der Waals surface area (Å²) in [5.74, 6) is -0.685. The van der Waals surface area contributed by atoms with Crippen LogP contribution in [0.25, 0.3) is 0 Å². The molecule has 2 aliphatic rings. The summed E-state index contributed by atoms with van der Waals surface area (Å²) in [6.45, 7) is 4.44. The fourth-order valence-electron chi connectivity index (χ4n) is 3.85. The van der Waals surface area contributed by atoms with Gasteiger partial charge in [-0.1, -0.05) is 37.3 Å². The molecule has 2 fully saturated rings. The van der Waals surface area contributed by atoms with E-state index in [1.54, 1.807) is 0 Å². The fourth-order valence-corrected chi connectivity index (χ4v) is 3.85. The summed E-state index contributed by atoms with van der Waals surface area (Å²) in [7, 11) is 0. The SMILES string of the molecule is CCN(CC(=O)O)C1CCN(C(C(=O)NC2CC2)c2ccccc2)CC1. The molecule has 1 aromatic carbocycles. The maximum atomic E-state index is 12.9. The number of nitrogens with one attached hydrogen (secondary N) is 1. The van der Waals surface area contributed by atoms with E-state index >= 15 is 0 Å². The summed E-state index contributed by atoms with van der Waals surface area (Å²) in [6, 6.07) is 10.3. The molecular weight excluding hydrogens is 330 g/mol. The van der Waals surface area contributed by atoms with Crippen molar-refractivity contribution in [2.45, 2.75) is 50.7 Å². The van der Waals surface area contributed by atoms with Crippen LogP contribution in [0.3, 0.4) is 0 Å². The Morgan fingerprint density at radius 1 is 1.19 bits per heavy atom. The van der Waals surface area contributed by atoms with Crippen LogP contribution in [0.5, 0.6) is 0 Å². The summed E-state index contributed by atoms with van der Waals surface area (Å²) in [4.78, 5) is 28.2. The largest absolute Gasteiger partial charge is 0.480 e. The Morgan fingerprint density at radius 2 is 1.85 bits per heavy atom. The monoisotopic (exact) mass is 359 g/mol. The standard InChI is InChI=1S/C20H29N3O3/c1-2-22(14-18(24)25)17-10-12-23(13-11-17)19(15-6-4-3-5-7-15)20(26)21-16-8-9-16/h3-7,16-17,19H,2,8-14H2,1H3,(H,21,26)(H,24,25). The van der Waals surface area contributed by atoms with Crippen LogP contribution in [-0.4, -0.2) is 65.0 Å². The molecule has 142 valence electrons. The molecule has 1 aliphatic heterocycles. The zero-order valence-electron chi connectivity index (χ0n) is 15.4. The highest BCUT2D eigenvalue weighted by Gasteiger charge is 2.35. The summed E-state index contributed by atoms with van der Waals surface area (Å²) >= 11 is 0. The van der Waals surface area contributed by atoms with Gasteiger partial charge < -0.3 is 10.4 Å². The number of rotatable bonds is 8. The van der Waals surface area contributed by atoms with Gasteiger partial charge in [-0.25, -0.2) is 0 Å². The Morgan fingerprint density at radius 3 is 2.38 bits per heavy atom. The van der Waals surface area contributed by atoms with E-state index < -0.39 is 5.97 Å². The third kappa shape index (κ3) is 4.83. The van der Waals surface area contributed by atoms with Crippen molar-refractivity contribution in [3.63, 3.8) is 0 Å². The van der Waals surface area contributed by atoms with E-state index in [0.29, 0.717) is 6.04 Å². The van der Waals surface area contributed by atoms with E-state index in [4.69, 9.17) is 5.11 Å². The van der Waals surface area contributed by atoms with Crippen LogP contribution in [0.15, 0.2) is 30.3 Å². The summed E-state index contributed by atoms with van der Waals surface area (Å²) in [5.41, 5.74) is 1.03. The highest BCUT2D eigenvalue weighted by atomic mass is 16.4. The maximum absolute atomic E-state index is 12.9. The van der Waals surface area contributed by atoms with Crippen molar-refractivity contribution in [2.75, 3.05) is 26.2 Å². The molecule has 26 heavy (non-hydrogen) atoms. The average molecular weight is 359 g/mol. The van der Waals surface area contributed by atoms with E-state index in [2.05, 4.69) is 10.2 Å². The van der Waals surface area contributed by atoms with E-state index in [0.717, 1.165) is 50.9 Å². The van der Waals surface area contributed by atoms with Gasteiger partial charge in [0, 0.05) is 25.2 Å². The molecule has 2 N–H and O–H groups in total. The first-order valence-corrected chi connectivity index (χ1v) is 9.63. The van der Waals surface area contributed by atoms with Crippen molar-refractivity contribution in [3.05, 3.63) is 35.9 Å². The van der Waals surface area contributed by atoms with Crippen LogP contribution in [0.2, 0.25) is 0 Å². The number of likely N-dealkylation sites (N-methyl/N-ethyl adjacent to an activating group) is 1. The Bertz CT molecular complexity index is 610. The fraction of sp³-hybridized carbons (Fsp3) is 0.600. The molecule has 0 radical (unpaired) electrons. The van der Waals surface area contributed by atoms with Gasteiger partial charge in [0.1, 0.15) is 6.04 Å². The molecule has 1 heterocycles. The summed E-state index contributed by atoms with van der Waals surface area (Å²) < 4.78 is 0. The lowest BCUT2D eigenvalue weighted by Crippen LogP contribution is -2.50. The molecule has 1 amide bonds. The molecule has 6 heteroatoms. The Labute approximate surface area is 155 Å². The molecule has 0 bridgehead atoms. The van der Waals surface area contributed by atoms with Crippen molar-refractivity contribution in [1.82, 2.24) is 15.1 Å². The number of carboxylic acid groups (broad SMARTS) is 1. The first-order chi connectivity index (χ1) is 12.6. The van der Waals surface area contributed by atoms with Gasteiger partial charge in [0.15, 0.2) is 0 Å². The number of hydrogen-bond donors (Lipinski definition) is 2. The molecule has 1 aliphatic carbocycles. The number of nitrogens with zero attached hydrogens (tertiary/aromatic N) is 2. The first kappa shape index (κ1) is 18.9. The summed E-state index contributed by atoms with van der Waals surface area (Å²) in [6.07, 6.45) is 3.94. The second-order valence-corrected chi connectivity index (χ2v) is 7.32. The second-order valence-electron chi connectivity index (χ2n) is 7.32. The average Bonchev–Trinajstić information content (AvgIpc) is 3.45. The van der Waals surface area contributed by atoms with Crippen LogP contribution >= 0.6 is 0 Å². The van der Waals surface area contributed by atoms with Crippen LogP contribution in [0, 0.1) is 0 Å². The quantitative estimate of drug-likeness (QED) is 0.741. The van der Waals surface area contributed by atoms with Crippen LogP contribution in [-0.2, 0) is 9.59 Å². The number of hydrogen-bond acceptors (Lipinski definition) is 4. The lowest BCUT2D eigenvalue weighted by atomic mass is 9.97. The van der Waals surface area contributed by atoms with Gasteiger partial charge in [0.05, 0.1) is 6.54 Å². The van der Waals surface area contributed by atoms with Gasteiger partial charge >= 0.3 is 5.97 Å². The molecule has 6 nitrogen and oxygen atoms in total. The number of carboxylic acids is 1. The number of likely N-dealkylation sites (tertiary alicyclic amines) is 1. The van der Waals surface area contributed by atoms with Gasteiger partial charge in [0.25, 0.3) is 0 Å². The van der Waals surface area contributed by atoms with E-state index in [-0.39, 0.29) is 24.5 Å². The molecule has 0 aromatic heterocycles. The summed E-state index contributed by atoms with van der Waals surface area (Å²) in [5, 5.41) is 12.2. The van der Waals surface area contributed by atoms with Crippen molar-refractivity contribution in [1.29, 1.82) is 0 Å². The highest BCUT2D eigenvalue weighted by Crippen LogP contribution is 2.28. The lowest BCUT2D eigenvalue weighted by Gasteiger charge is -2.40. The Hall–Kier alpha value is -1.92. The van der Waals surface area contributed by atoms with Crippen LogP contribution in [0.1, 0.15) is 44.2 Å². The highest BCUT2D eigenvalue weighted by molar-refractivity contribution is 5.83. The minimum atomic E-state index is -0.778. The smallest absolute Gasteiger partial charge is 0.317 e. The molecule has 0 spiro atoms. The van der Waals surface area contributed by atoms with Crippen LogP contribution < -0.4 is 5.32 Å². The number of benzene rings is 1. The zero-order chi connectivity index (χ0) is 18.5. The van der Waals surface area contributed by atoms with Gasteiger partial charge in [-0.3, -0.25) is 19.4 Å². The van der Waals surface area contributed by atoms with Gasteiger partial charge in [-0.15, -0.1) is 0 Å². The third-order valence-corrected chi connectivity index (χ3v) is 5.41. The van der Waals surface area contributed by atoms with Crippen molar-refractivity contribution >= 4 is 11.9 Å². The van der Waals surface area contributed by atoms with Crippen molar-refractivity contribution in [2.24, 2.45) is 0 Å². The maximum Gasteiger partial charge on any atom is 0.317 e. The number of amides is 1. The Balaban J connectivity index is 1.66. The minimum absolute atomic E-state index is 0.0887. The van der Waals surface area contributed by atoms with Gasteiger partial charge in [-0.2, -0.15) is 0 Å². The Kier molecular flexibility index (Phi) is 6.27. The van der Waals surface area contributed by atoms with Crippen molar-refractivity contribution < 1.29 is 14.7 Å². The van der Waals surface area contributed by atoms with Crippen molar-refractivity contribution in [3.8, 4) is 0 Å². The molecule has 1 atom stereocenters. The first-order valence-electron chi connectivity index (χ1n) is 9.63. The topological polar surface area (TPSA) is 72.9 Å². The number of carbonyl (C=O) groups is 2. The second kappa shape index (κ2) is 8.64. The van der Waals surface area contributed by atoms with Gasteiger partial charge in [-0.05, 0) is 37.8 Å². The normalized spacial score (nSPS) is 20.1. The number of piperidine rings is 1. The number of aliphatic carboxylic acids is 1. The molecule has 1 aromatic rings. The molecule has 1 saturated carbocycles. The zero-order valence-corrected chi connectivity index (χ0v) is 15.4. The van der Waals surface area contributed by atoms with Crippen LogP contribution in [0.4, 0.5) is 0 Å². The van der Waals surface area contributed by atoms with E-state index in [1.165, 1.54) is 0 Å². The molecule has 1 unspecified atom stereocenters. The predicted octanol–water partition coefficient (Wildman–Crippen LogP) is 1.88. The van der Waals surface area contributed by atoms with E-state index in [9.17, 15) is 9.59 Å². The molecule has 3 rings (SSSR count). The molecule has 1 saturated heterocycles. The van der Waals surface area contributed by atoms with E-state index in [1.807, 2.05) is 42.2 Å².